The fraction of sp³-hybridized carbons (Fsp3) is 0.500. The normalized spacial score (nSPS) is 16.4. The second-order valence-corrected chi connectivity index (χ2v) is 5.75. The maximum absolute atomic E-state index is 12.4. The Labute approximate surface area is 119 Å². The minimum atomic E-state index is -0.251. The lowest BCUT2D eigenvalue weighted by Gasteiger charge is -2.30. The lowest BCUT2D eigenvalue weighted by molar-refractivity contribution is -0.123. The fourth-order valence-corrected chi connectivity index (χ4v) is 2.56. The van der Waals surface area contributed by atoms with E-state index in [0.717, 1.165) is 0 Å². The molecule has 0 bridgehead atoms. The zero-order valence-corrected chi connectivity index (χ0v) is 12.1. The van der Waals surface area contributed by atoms with Crippen LogP contribution in [-0.4, -0.2) is 29.8 Å². The molecule has 0 radical (unpaired) electrons. The Kier molecular flexibility index (Phi) is 4.42. The molecule has 0 unspecified atom stereocenters. The van der Waals surface area contributed by atoms with Crippen LogP contribution in [0, 0.1) is 5.92 Å². The summed E-state index contributed by atoms with van der Waals surface area (Å²) in [6, 6.07) is 7.79. The molecule has 0 atom stereocenters. The van der Waals surface area contributed by atoms with Crippen LogP contribution in [0.4, 0.5) is 0 Å². The van der Waals surface area contributed by atoms with Crippen LogP contribution < -0.4 is 5.73 Å². The number of carbonyl (C=O) groups excluding carboxylic acids is 2. The van der Waals surface area contributed by atoms with E-state index in [1.54, 1.807) is 0 Å². The van der Waals surface area contributed by atoms with Crippen LogP contribution in [0.5, 0.6) is 0 Å². The van der Waals surface area contributed by atoms with Gasteiger partial charge in [0.2, 0.25) is 5.91 Å². The lowest BCUT2D eigenvalue weighted by atomic mass is 9.95. The molecule has 2 rings (SSSR count). The number of rotatable bonds is 3. The van der Waals surface area contributed by atoms with Crippen molar-refractivity contribution in [2.24, 2.45) is 11.7 Å². The number of nitrogens with zero attached hydrogens (tertiary/aromatic N) is 1. The van der Waals surface area contributed by atoms with Crippen molar-refractivity contribution < 1.29 is 9.59 Å². The quantitative estimate of drug-likeness (QED) is 0.918. The van der Waals surface area contributed by atoms with Gasteiger partial charge >= 0.3 is 0 Å². The molecular weight excluding hydrogens is 252 g/mol. The van der Waals surface area contributed by atoms with Crippen molar-refractivity contribution >= 4 is 11.8 Å². The summed E-state index contributed by atoms with van der Waals surface area (Å²) >= 11 is 0. The van der Waals surface area contributed by atoms with E-state index < -0.39 is 0 Å². The Hall–Kier alpha value is -1.84. The molecule has 1 heterocycles. The Morgan fingerprint density at radius 2 is 1.70 bits per heavy atom. The molecule has 1 fully saturated rings. The van der Waals surface area contributed by atoms with Gasteiger partial charge in [-0.05, 0) is 36.5 Å². The van der Waals surface area contributed by atoms with E-state index >= 15 is 0 Å². The molecule has 0 aliphatic carbocycles. The number of likely N-dealkylation sites (tertiary alicyclic amines) is 1. The molecule has 0 aromatic heterocycles. The molecule has 4 nitrogen and oxygen atoms in total. The van der Waals surface area contributed by atoms with E-state index in [1.807, 2.05) is 29.2 Å². The summed E-state index contributed by atoms with van der Waals surface area (Å²) in [6.07, 6.45) is 1.34. The highest BCUT2D eigenvalue weighted by Gasteiger charge is 2.26. The molecule has 2 amide bonds. The third-order valence-corrected chi connectivity index (χ3v) is 4.01. The van der Waals surface area contributed by atoms with Crippen LogP contribution in [-0.2, 0) is 4.79 Å². The van der Waals surface area contributed by atoms with Gasteiger partial charge in [-0.2, -0.15) is 0 Å². The maximum atomic E-state index is 12.4. The molecule has 4 heteroatoms. The van der Waals surface area contributed by atoms with Crippen LogP contribution in [0.1, 0.15) is 48.5 Å². The van der Waals surface area contributed by atoms with Crippen molar-refractivity contribution in [3.05, 3.63) is 35.4 Å². The Morgan fingerprint density at radius 3 is 2.15 bits per heavy atom. The van der Waals surface area contributed by atoms with Crippen LogP contribution in [0.15, 0.2) is 24.3 Å². The van der Waals surface area contributed by atoms with Crippen molar-refractivity contribution in [2.75, 3.05) is 13.1 Å². The summed E-state index contributed by atoms with van der Waals surface area (Å²) in [5.74, 6) is 0.175. The van der Waals surface area contributed by atoms with E-state index in [1.165, 1.54) is 5.56 Å². The van der Waals surface area contributed by atoms with Crippen LogP contribution in [0.3, 0.4) is 0 Å². The summed E-state index contributed by atoms with van der Waals surface area (Å²) in [6.45, 7) is 5.48. The Morgan fingerprint density at radius 1 is 1.15 bits per heavy atom. The largest absolute Gasteiger partial charge is 0.369 e. The summed E-state index contributed by atoms with van der Waals surface area (Å²) in [5.41, 5.74) is 7.25. The minimum Gasteiger partial charge on any atom is -0.369 e. The van der Waals surface area contributed by atoms with E-state index in [9.17, 15) is 9.59 Å². The SMILES string of the molecule is CC(C)c1ccc(C(=O)N2CCC(C(N)=O)CC2)cc1. The molecule has 20 heavy (non-hydrogen) atoms. The molecule has 0 spiro atoms. The summed E-state index contributed by atoms with van der Waals surface area (Å²) in [4.78, 5) is 25.3. The maximum Gasteiger partial charge on any atom is 0.253 e. The first kappa shape index (κ1) is 14.6. The number of hydrogen-bond acceptors (Lipinski definition) is 2. The van der Waals surface area contributed by atoms with Gasteiger partial charge in [0.25, 0.3) is 5.91 Å². The van der Waals surface area contributed by atoms with E-state index in [2.05, 4.69) is 13.8 Å². The summed E-state index contributed by atoms with van der Waals surface area (Å²) < 4.78 is 0. The molecule has 1 saturated heterocycles. The summed E-state index contributed by atoms with van der Waals surface area (Å²) in [5, 5.41) is 0. The second kappa shape index (κ2) is 6.07. The zero-order chi connectivity index (χ0) is 14.7. The number of nitrogens with two attached hydrogens (primary N) is 1. The Bertz CT molecular complexity index is 486. The van der Waals surface area contributed by atoms with Crippen molar-refractivity contribution in [1.29, 1.82) is 0 Å². The highest BCUT2D eigenvalue weighted by Crippen LogP contribution is 2.20. The number of hydrogen-bond donors (Lipinski definition) is 1. The second-order valence-electron chi connectivity index (χ2n) is 5.75. The zero-order valence-electron chi connectivity index (χ0n) is 12.1. The first-order valence-corrected chi connectivity index (χ1v) is 7.17. The van der Waals surface area contributed by atoms with Gasteiger partial charge in [-0.25, -0.2) is 0 Å². The molecule has 0 saturated carbocycles. The van der Waals surface area contributed by atoms with Gasteiger partial charge in [0.05, 0.1) is 0 Å². The molecule has 1 aliphatic heterocycles. The average Bonchev–Trinajstić information content (AvgIpc) is 2.46. The first-order valence-electron chi connectivity index (χ1n) is 7.17. The standard InChI is InChI=1S/C16H22N2O2/c1-11(2)12-3-5-14(6-4-12)16(20)18-9-7-13(8-10-18)15(17)19/h3-6,11,13H,7-10H2,1-2H3,(H2,17,19). The molecule has 1 aromatic carbocycles. The predicted octanol–water partition coefficient (Wildman–Crippen LogP) is 2.15. The number of carbonyl (C=O) groups is 2. The van der Waals surface area contributed by atoms with Gasteiger partial charge in [-0.3, -0.25) is 9.59 Å². The van der Waals surface area contributed by atoms with Gasteiger partial charge in [0.1, 0.15) is 0 Å². The minimum absolute atomic E-state index is 0.0447. The highest BCUT2D eigenvalue weighted by atomic mass is 16.2. The Balaban J connectivity index is 2.00. The van der Waals surface area contributed by atoms with Crippen LogP contribution in [0.25, 0.3) is 0 Å². The topological polar surface area (TPSA) is 63.4 Å². The molecule has 2 N–H and O–H groups in total. The predicted molar refractivity (Wildman–Crippen MR) is 78.4 cm³/mol. The van der Waals surface area contributed by atoms with Gasteiger partial charge in [-0.15, -0.1) is 0 Å². The lowest BCUT2D eigenvalue weighted by Crippen LogP contribution is -2.41. The molecule has 1 aliphatic rings. The number of piperidine rings is 1. The van der Waals surface area contributed by atoms with Crippen molar-refractivity contribution in [1.82, 2.24) is 4.90 Å². The van der Waals surface area contributed by atoms with Crippen molar-refractivity contribution in [3.63, 3.8) is 0 Å². The van der Waals surface area contributed by atoms with Gasteiger partial charge < -0.3 is 10.6 Å². The highest BCUT2D eigenvalue weighted by molar-refractivity contribution is 5.94. The number of benzene rings is 1. The monoisotopic (exact) mass is 274 g/mol. The molecular formula is C16H22N2O2. The van der Waals surface area contributed by atoms with Crippen molar-refractivity contribution in [3.8, 4) is 0 Å². The summed E-state index contributed by atoms with van der Waals surface area (Å²) in [7, 11) is 0. The third kappa shape index (κ3) is 3.18. The van der Waals surface area contributed by atoms with E-state index in [4.69, 9.17) is 5.73 Å². The smallest absolute Gasteiger partial charge is 0.253 e. The van der Waals surface area contributed by atoms with Crippen molar-refractivity contribution in [2.45, 2.75) is 32.6 Å². The van der Waals surface area contributed by atoms with Crippen LogP contribution in [0.2, 0.25) is 0 Å². The van der Waals surface area contributed by atoms with E-state index in [-0.39, 0.29) is 17.7 Å². The first-order chi connectivity index (χ1) is 9.49. The molecule has 108 valence electrons. The van der Waals surface area contributed by atoms with Gasteiger partial charge in [0.15, 0.2) is 0 Å². The number of primary amides is 1. The fourth-order valence-electron chi connectivity index (χ4n) is 2.56. The molecule has 1 aromatic rings. The van der Waals surface area contributed by atoms with Gasteiger partial charge in [-0.1, -0.05) is 26.0 Å². The average molecular weight is 274 g/mol. The van der Waals surface area contributed by atoms with E-state index in [0.29, 0.717) is 37.4 Å². The van der Waals surface area contributed by atoms with Gasteiger partial charge in [0, 0.05) is 24.6 Å². The number of amides is 2. The van der Waals surface area contributed by atoms with Crippen LogP contribution >= 0.6 is 0 Å². The third-order valence-electron chi connectivity index (χ3n) is 4.01.